The average Bonchev–Trinajstić information content (AvgIpc) is 3.38. The van der Waals surface area contributed by atoms with Crippen LogP contribution in [0.3, 0.4) is 0 Å². The molecule has 5 aromatic carbocycles. The Morgan fingerprint density at radius 1 is 0.542 bits per heavy atom. The van der Waals surface area contributed by atoms with Gasteiger partial charge in [0.05, 0.1) is 37.4 Å². The van der Waals surface area contributed by atoms with Gasteiger partial charge in [0.2, 0.25) is 11.5 Å². The minimum Gasteiger partial charge on any atom is -0.450 e. The number of esters is 1. The summed E-state index contributed by atoms with van der Waals surface area (Å²) in [5.74, 6) is -0.757. The smallest absolute Gasteiger partial charge is 0.340 e. The average molecular weight is 651 g/mol. The normalized spacial score (nSPS) is 12.8. The number of carbonyl (C=O) groups is 1. The molecule has 48 heavy (non-hydrogen) atoms. The molecule has 1 aliphatic heterocycles. The number of nitrogens with zero attached hydrogens (tertiary/aromatic N) is 4. The second-order valence-electron chi connectivity index (χ2n) is 10.2. The van der Waals surface area contributed by atoms with E-state index < -0.39 is 54.0 Å². The van der Waals surface area contributed by atoms with Crippen molar-refractivity contribution in [1.29, 1.82) is 0 Å². The number of non-ortho nitro benzene ring substituents is 2. The number of rotatable bonds is 10. The number of ether oxygens (including phenoxy) is 3. The molecule has 0 unspecified atom stereocenters. The van der Waals surface area contributed by atoms with E-state index in [9.17, 15) is 45.3 Å². The molecule has 0 atom stereocenters. The maximum absolute atomic E-state index is 13.1. The summed E-state index contributed by atoms with van der Waals surface area (Å²) >= 11 is 0. The zero-order valence-electron chi connectivity index (χ0n) is 24.1. The second-order valence-corrected chi connectivity index (χ2v) is 10.2. The number of nitro benzene ring substituents is 4. The van der Waals surface area contributed by atoms with Gasteiger partial charge in [0.15, 0.2) is 5.60 Å². The van der Waals surface area contributed by atoms with Crippen LogP contribution in [0.2, 0.25) is 0 Å². The molecular formula is C32H18N4O12. The Labute approximate surface area is 267 Å². The van der Waals surface area contributed by atoms with Crippen molar-refractivity contribution >= 4 is 28.7 Å². The predicted molar refractivity (Wildman–Crippen MR) is 164 cm³/mol. The molecule has 0 spiro atoms. The molecule has 0 fully saturated rings. The Kier molecular flexibility index (Phi) is 7.65. The molecule has 0 amide bonds. The summed E-state index contributed by atoms with van der Waals surface area (Å²) in [6.07, 6.45) is 0. The quantitative estimate of drug-likeness (QED) is 0.0822. The lowest BCUT2D eigenvalue weighted by Crippen LogP contribution is -2.29. The van der Waals surface area contributed by atoms with Crippen LogP contribution in [0.4, 0.5) is 22.7 Å². The van der Waals surface area contributed by atoms with Crippen molar-refractivity contribution in [2.75, 3.05) is 0 Å². The number of carbonyl (C=O) groups excluding carboxylic acids is 1. The lowest BCUT2D eigenvalue weighted by atomic mass is 9.80. The number of benzene rings is 5. The Morgan fingerprint density at radius 2 is 0.979 bits per heavy atom. The molecule has 238 valence electrons. The van der Waals surface area contributed by atoms with E-state index in [0.717, 1.165) is 36.4 Å². The Hall–Kier alpha value is -7.23. The lowest BCUT2D eigenvalue weighted by molar-refractivity contribution is -0.394. The van der Waals surface area contributed by atoms with E-state index in [1.807, 2.05) is 0 Å². The van der Waals surface area contributed by atoms with Crippen molar-refractivity contribution in [2.24, 2.45) is 0 Å². The number of cyclic esters (lactones) is 1. The van der Waals surface area contributed by atoms with E-state index in [2.05, 4.69) is 0 Å². The van der Waals surface area contributed by atoms with E-state index in [-0.39, 0.29) is 23.0 Å². The van der Waals surface area contributed by atoms with Crippen LogP contribution in [-0.2, 0) is 10.3 Å². The van der Waals surface area contributed by atoms with Gasteiger partial charge in [-0.15, -0.1) is 0 Å². The fourth-order valence-corrected chi connectivity index (χ4v) is 5.28. The Bertz CT molecular complexity index is 2030. The SMILES string of the molecule is O=C1OC(c2ccc(Oc3ccc([N+](=O)[O-])cc3[N+](=O)[O-])cc2)(c2ccc(Oc3ccc([N+](=O)[O-])cc3[N+](=O)[O-])cc2)c2ccccc21. The molecular weight excluding hydrogens is 632 g/mol. The summed E-state index contributed by atoms with van der Waals surface area (Å²) in [6, 6.07) is 25.0. The van der Waals surface area contributed by atoms with Gasteiger partial charge >= 0.3 is 17.3 Å². The number of hydrogen-bond acceptors (Lipinski definition) is 12. The van der Waals surface area contributed by atoms with Gasteiger partial charge < -0.3 is 14.2 Å². The molecule has 0 aliphatic carbocycles. The summed E-state index contributed by atoms with van der Waals surface area (Å²) in [6.45, 7) is 0. The van der Waals surface area contributed by atoms with E-state index >= 15 is 0 Å². The molecule has 5 aromatic rings. The van der Waals surface area contributed by atoms with Gasteiger partial charge in [-0.3, -0.25) is 40.5 Å². The van der Waals surface area contributed by atoms with Crippen LogP contribution in [-0.4, -0.2) is 25.7 Å². The first-order valence-corrected chi connectivity index (χ1v) is 13.7. The van der Waals surface area contributed by atoms with E-state index in [1.165, 1.54) is 24.3 Å². The van der Waals surface area contributed by atoms with Crippen molar-refractivity contribution in [3.63, 3.8) is 0 Å². The fraction of sp³-hybridized carbons (Fsp3) is 0.0312. The second kappa shape index (κ2) is 11.9. The molecule has 1 heterocycles. The van der Waals surface area contributed by atoms with Gasteiger partial charge in [-0.25, -0.2) is 4.79 Å². The first kappa shape index (κ1) is 30.8. The summed E-state index contributed by atoms with van der Waals surface area (Å²) in [4.78, 5) is 55.3. The zero-order chi connectivity index (χ0) is 34.2. The van der Waals surface area contributed by atoms with Gasteiger partial charge in [-0.05, 0) is 42.5 Å². The third-order valence-corrected chi connectivity index (χ3v) is 7.45. The van der Waals surface area contributed by atoms with Crippen LogP contribution in [0, 0.1) is 40.5 Å². The standard InChI is InChI=1S/C32H18N4O12/c37-31-25-3-1-2-4-26(25)32(48-31,19-5-11-23(12-6-19)46-29-15-9-21(33(38)39)17-27(29)35(42)43)20-7-13-24(14-8-20)47-30-16-10-22(34(40)41)18-28(30)36(44)45/h1-18H. The number of hydrogen-bond donors (Lipinski definition) is 0. The largest absolute Gasteiger partial charge is 0.450 e. The van der Waals surface area contributed by atoms with Crippen molar-refractivity contribution in [3.05, 3.63) is 172 Å². The predicted octanol–water partition coefficient (Wildman–Crippen LogP) is 7.37. The Balaban J connectivity index is 1.36. The highest BCUT2D eigenvalue weighted by molar-refractivity contribution is 5.96. The minimum atomic E-state index is -1.48. The van der Waals surface area contributed by atoms with Crippen LogP contribution < -0.4 is 9.47 Å². The van der Waals surface area contributed by atoms with Crippen molar-refractivity contribution in [2.45, 2.75) is 5.60 Å². The van der Waals surface area contributed by atoms with Crippen LogP contribution in [0.25, 0.3) is 0 Å². The highest BCUT2D eigenvalue weighted by Crippen LogP contribution is 2.48. The minimum absolute atomic E-state index is 0.150. The van der Waals surface area contributed by atoms with Gasteiger partial charge in [0, 0.05) is 28.8 Å². The molecule has 0 saturated carbocycles. The first-order valence-electron chi connectivity index (χ1n) is 13.7. The topological polar surface area (TPSA) is 217 Å². The summed E-state index contributed by atoms with van der Waals surface area (Å²) in [5, 5.41) is 45.3. The van der Waals surface area contributed by atoms with Crippen molar-refractivity contribution < 1.29 is 38.7 Å². The molecule has 16 nitrogen and oxygen atoms in total. The highest BCUT2D eigenvalue weighted by atomic mass is 16.6. The van der Waals surface area contributed by atoms with Crippen LogP contribution in [0.5, 0.6) is 23.0 Å². The zero-order valence-corrected chi connectivity index (χ0v) is 24.1. The molecule has 16 heteroatoms. The van der Waals surface area contributed by atoms with Crippen molar-refractivity contribution in [3.8, 4) is 23.0 Å². The summed E-state index contributed by atoms with van der Waals surface area (Å²) < 4.78 is 17.4. The highest BCUT2D eigenvalue weighted by Gasteiger charge is 2.48. The van der Waals surface area contributed by atoms with Crippen LogP contribution in [0.1, 0.15) is 27.0 Å². The molecule has 0 bridgehead atoms. The maximum Gasteiger partial charge on any atom is 0.340 e. The number of fused-ring (bicyclic) bond motifs is 1. The van der Waals surface area contributed by atoms with Crippen LogP contribution in [0.15, 0.2) is 109 Å². The van der Waals surface area contributed by atoms with Gasteiger partial charge in [-0.1, -0.05) is 42.5 Å². The monoisotopic (exact) mass is 650 g/mol. The van der Waals surface area contributed by atoms with E-state index in [0.29, 0.717) is 22.3 Å². The summed E-state index contributed by atoms with van der Waals surface area (Å²) in [5.41, 5.74) is -1.91. The molecule has 0 N–H and O–H groups in total. The molecule has 6 rings (SSSR count). The van der Waals surface area contributed by atoms with Gasteiger partial charge in [0.1, 0.15) is 11.5 Å². The lowest BCUT2D eigenvalue weighted by Gasteiger charge is -2.30. The van der Waals surface area contributed by atoms with Crippen molar-refractivity contribution in [1.82, 2.24) is 0 Å². The number of nitro groups is 4. The third kappa shape index (κ3) is 5.45. The molecule has 0 saturated heterocycles. The van der Waals surface area contributed by atoms with Gasteiger partial charge in [-0.2, -0.15) is 0 Å². The maximum atomic E-state index is 13.1. The van der Waals surface area contributed by atoms with E-state index in [4.69, 9.17) is 14.2 Å². The molecule has 0 radical (unpaired) electrons. The van der Waals surface area contributed by atoms with E-state index in [1.54, 1.807) is 48.5 Å². The van der Waals surface area contributed by atoms with Crippen LogP contribution >= 0.6 is 0 Å². The fourth-order valence-electron chi connectivity index (χ4n) is 5.28. The Morgan fingerprint density at radius 3 is 1.40 bits per heavy atom. The first-order chi connectivity index (χ1) is 23.0. The third-order valence-electron chi connectivity index (χ3n) is 7.45. The van der Waals surface area contributed by atoms with Gasteiger partial charge in [0.25, 0.3) is 11.4 Å². The molecule has 1 aliphatic rings. The molecule has 0 aromatic heterocycles. The summed E-state index contributed by atoms with van der Waals surface area (Å²) in [7, 11) is 0.